The van der Waals surface area contributed by atoms with E-state index >= 15 is 0 Å². The van der Waals surface area contributed by atoms with Gasteiger partial charge in [0.1, 0.15) is 12.2 Å². The van der Waals surface area contributed by atoms with Crippen LogP contribution in [0.5, 0.6) is 0 Å². The molecule has 0 spiro atoms. The Bertz CT molecular complexity index is 585. The van der Waals surface area contributed by atoms with Gasteiger partial charge in [-0.05, 0) is 25.0 Å². The van der Waals surface area contributed by atoms with Gasteiger partial charge < -0.3 is 14.2 Å². The molecule has 2 aliphatic rings. The van der Waals surface area contributed by atoms with Gasteiger partial charge in [0.2, 0.25) is 0 Å². The summed E-state index contributed by atoms with van der Waals surface area (Å²) in [4.78, 5) is 0. The molecule has 2 aliphatic heterocycles. The van der Waals surface area contributed by atoms with Crippen LogP contribution in [0.25, 0.3) is 0 Å². The summed E-state index contributed by atoms with van der Waals surface area (Å²) in [5.74, 6) is -1.51. The van der Waals surface area contributed by atoms with Crippen LogP contribution in [0.2, 0.25) is 0 Å². The van der Waals surface area contributed by atoms with E-state index in [0.29, 0.717) is 0 Å². The second kappa shape index (κ2) is 4.41. The summed E-state index contributed by atoms with van der Waals surface area (Å²) in [6.45, 7) is 3.91. The monoisotopic (exact) mass is 282 g/mol. The van der Waals surface area contributed by atoms with Gasteiger partial charge in [-0.15, -0.1) is 0 Å². The number of ether oxygens (including phenoxy) is 3. The predicted octanol–water partition coefficient (Wildman–Crippen LogP) is 3.98. The summed E-state index contributed by atoms with van der Waals surface area (Å²) >= 11 is 0. The predicted molar refractivity (Wildman–Crippen MR) is 78.4 cm³/mol. The zero-order valence-corrected chi connectivity index (χ0v) is 12.2. The molecule has 2 fully saturated rings. The number of benzene rings is 2. The molecule has 0 aromatic heterocycles. The van der Waals surface area contributed by atoms with E-state index in [4.69, 9.17) is 14.2 Å². The van der Waals surface area contributed by atoms with Gasteiger partial charge in [0, 0.05) is 0 Å². The molecule has 108 valence electrons. The maximum atomic E-state index is 6.26. The lowest BCUT2D eigenvalue weighted by Crippen LogP contribution is -2.37. The molecule has 4 atom stereocenters. The average Bonchev–Trinajstić information content (AvgIpc) is 2.94. The Labute approximate surface area is 124 Å². The van der Waals surface area contributed by atoms with E-state index in [1.54, 1.807) is 0 Å². The lowest BCUT2D eigenvalue weighted by molar-refractivity contribution is -0.215. The zero-order chi connectivity index (χ0) is 14.5. The first-order valence-electron chi connectivity index (χ1n) is 7.26. The van der Waals surface area contributed by atoms with Crippen molar-refractivity contribution in [3.8, 4) is 0 Å². The van der Waals surface area contributed by atoms with Crippen molar-refractivity contribution in [3.63, 3.8) is 0 Å². The van der Waals surface area contributed by atoms with Crippen molar-refractivity contribution in [3.05, 3.63) is 71.8 Å². The Morgan fingerprint density at radius 1 is 0.667 bits per heavy atom. The molecule has 21 heavy (non-hydrogen) atoms. The Morgan fingerprint density at radius 2 is 1.05 bits per heavy atom. The van der Waals surface area contributed by atoms with Crippen LogP contribution in [-0.4, -0.2) is 11.6 Å². The van der Waals surface area contributed by atoms with Crippen molar-refractivity contribution in [2.24, 2.45) is 0 Å². The maximum Gasteiger partial charge on any atom is 0.200 e. The molecule has 2 heterocycles. The van der Waals surface area contributed by atoms with Gasteiger partial charge in [-0.1, -0.05) is 60.7 Å². The van der Waals surface area contributed by atoms with Crippen molar-refractivity contribution in [1.29, 1.82) is 0 Å². The Kier molecular flexibility index (Phi) is 2.73. The van der Waals surface area contributed by atoms with E-state index in [2.05, 4.69) is 0 Å². The lowest BCUT2D eigenvalue weighted by atomic mass is 9.99. The van der Waals surface area contributed by atoms with Crippen molar-refractivity contribution < 1.29 is 14.2 Å². The van der Waals surface area contributed by atoms with Gasteiger partial charge in [-0.2, -0.15) is 0 Å². The molecule has 0 unspecified atom stereocenters. The first kappa shape index (κ1) is 13.0. The summed E-state index contributed by atoms with van der Waals surface area (Å²) in [5.41, 5.74) is 2.16. The smallest absolute Gasteiger partial charge is 0.200 e. The largest absolute Gasteiger partial charge is 0.334 e. The van der Waals surface area contributed by atoms with Crippen LogP contribution in [0.15, 0.2) is 60.7 Å². The summed E-state index contributed by atoms with van der Waals surface area (Å²) in [6.07, 6.45) is -0.410. The van der Waals surface area contributed by atoms with Crippen LogP contribution in [0.3, 0.4) is 0 Å². The Morgan fingerprint density at radius 3 is 1.38 bits per heavy atom. The molecule has 2 bridgehead atoms. The van der Waals surface area contributed by atoms with Crippen molar-refractivity contribution >= 4 is 0 Å². The molecule has 3 nitrogen and oxygen atoms in total. The molecule has 3 heteroatoms. The molecule has 0 amide bonds. The van der Waals surface area contributed by atoms with Crippen LogP contribution in [0.1, 0.15) is 37.2 Å². The zero-order valence-electron chi connectivity index (χ0n) is 12.2. The van der Waals surface area contributed by atoms with E-state index < -0.39 is 11.6 Å². The van der Waals surface area contributed by atoms with Crippen LogP contribution >= 0.6 is 0 Å². The highest BCUT2D eigenvalue weighted by atomic mass is 16.9. The second-order valence-electron chi connectivity index (χ2n) is 5.95. The molecule has 0 radical (unpaired) electrons. The summed E-state index contributed by atoms with van der Waals surface area (Å²) in [7, 11) is 0. The number of rotatable bonds is 2. The van der Waals surface area contributed by atoms with Gasteiger partial charge in [-0.25, -0.2) is 0 Å². The third-order valence-electron chi connectivity index (χ3n) is 4.27. The molecule has 2 saturated heterocycles. The van der Waals surface area contributed by atoms with Gasteiger partial charge in [-0.3, -0.25) is 0 Å². The second-order valence-corrected chi connectivity index (χ2v) is 5.95. The first-order valence-corrected chi connectivity index (χ1v) is 7.26. The fraction of sp³-hybridized carbons (Fsp3) is 0.333. The minimum Gasteiger partial charge on any atom is -0.334 e. The standard InChI is InChI=1S/C18H18O3/c1-17-15(13-9-5-3-6-10-13)20-18(2,21-17)16(19-17)14-11-7-4-8-12-14/h3-12,15-16H,1-2H3/t15-,16+,17-,18-/m0/s1. The van der Waals surface area contributed by atoms with E-state index in [1.807, 2.05) is 74.5 Å². The summed E-state index contributed by atoms with van der Waals surface area (Å²) < 4.78 is 18.7. The van der Waals surface area contributed by atoms with E-state index in [1.165, 1.54) is 0 Å². The normalized spacial score (nSPS) is 37.8. The van der Waals surface area contributed by atoms with Gasteiger partial charge in [0.15, 0.2) is 11.6 Å². The van der Waals surface area contributed by atoms with E-state index in [0.717, 1.165) is 11.1 Å². The molecule has 0 N–H and O–H groups in total. The number of hydrogen-bond donors (Lipinski definition) is 0. The number of hydrogen-bond acceptors (Lipinski definition) is 3. The third-order valence-corrected chi connectivity index (χ3v) is 4.27. The highest BCUT2D eigenvalue weighted by Crippen LogP contribution is 2.59. The molecule has 0 saturated carbocycles. The molecular formula is C18H18O3. The minimum absolute atomic E-state index is 0.205. The van der Waals surface area contributed by atoms with Gasteiger partial charge in [0.05, 0.1) is 0 Å². The molecule has 4 rings (SSSR count). The molecular weight excluding hydrogens is 264 g/mol. The van der Waals surface area contributed by atoms with Crippen LogP contribution in [0, 0.1) is 0 Å². The van der Waals surface area contributed by atoms with E-state index in [-0.39, 0.29) is 12.2 Å². The molecule has 2 aromatic rings. The summed E-state index contributed by atoms with van der Waals surface area (Å²) in [5, 5.41) is 0. The third kappa shape index (κ3) is 1.93. The number of fused-ring (bicyclic) bond motifs is 2. The maximum absolute atomic E-state index is 6.26. The summed E-state index contributed by atoms with van der Waals surface area (Å²) in [6, 6.07) is 20.2. The Hall–Kier alpha value is -1.68. The first-order chi connectivity index (χ1) is 10.1. The molecule has 0 aliphatic carbocycles. The highest BCUT2D eigenvalue weighted by molar-refractivity contribution is 5.26. The highest BCUT2D eigenvalue weighted by Gasteiger charge is 2.65. The Balaban J connectivity index is 1.69. The SMILES string of the molecule is C[C@@]12O[C@@H](c3ccccc3)[C@@](C)(O[C@@H]1c1ccccc1)O2. The average molecular weight is 282 g/mol. The van der Waals surface area contributed by atoms with Gasteiger partial charge in [0.25, 0.3) is 0 Å². The van der Waals surface area contributed by atoms with E-state index in [9.17, 15) is 0 Å². The van der Waals surface area contributed by atoms with Gasteiger partial charge >= 0.3 is 0 Å². The van der Waals surface area contributed by atoms with Crippen LogP contribution in [0.4, 0.5) is 0 Å². The van der Waals surface area contributed by atoms with Crippen molar-refractivity contribution in [1.82, 2.24) is 0 Å². The van der Waals surface area contributed by atoms with Crippen LogP contribution < -0.4 is 0 Å². The minimum atomic E-state index is -0.753. The topological polar surface area (TPSA) is 27.7 Å². The van der Waals surface area contributed by atoms with Crippen molar-refractivity contribution in [2.45, 2.75) is 37.6 Å². The van der Waals surface area contributed by atoms with Crippen LogP contribution in [-0.2, 0) is 14.2 Å². The lowest BCUT2D eigenvalue weighted by Gasteiger charge is -2.35. The fourth-order valence-electron chi connectivity index (χ4n) is 3.36. The molecule has 2 aromatic carbocycles. The quantitative estimate of drug-likeness (QED) is 0.834. The van der Waals surface area contributed by atoms with Crippen molar-refractivity contribution in [2.75, 3.05) is 0 Å². The fourth-order valence-corrected chi connectivity index (χ4v) is 3.36.